The minimum Gasteiger partial charge on any atom is -0.462 e. The molecule has 0 saturated heterocycles. The number of ether oxygens (including phenoxy) is 2. The number of hydrogen-bond donors (Lipinski definition) is 0. The van der Waals surface area contributed by atoms with Gasteiger partial charge in [0.15, 0.2) is 0 Å². The molecular formula is C31H47NO4. The van der Waals surface area contributed by atoms with Crippen LogP contribution in [0.1, 0.15) is 99.3 Å². The minimum atomic E-state index is -0.161. The Kier molecular flexibility index (Phi) is 6.91. The van der Waals surface area contributed by atoms with Crippen LogP contribution in [0.2, 0.25) is 0 Å². The summed E-state index contributed by atoms with van der Waals surface area (Å²) in [6.45, 7) is 13.7. The van der Waals surface area contributed by atoms with Gasteiger partial charge in [-0.2, -0.15) is 0 Å². The van der Waals surface area contributed by atoms with E-state index in [9.17, 15) is 9.59 Å². The third kappa shape index (κ3) is 4.36. The zero-order valence-electron chi connectivity index (χ0n) is 23.3. The SMILES string of the molecule is CC(=O)OC1CC[C@@]2(C)C(=CCC3C4CC(OC(C)=O)C(C(C)C5=NCC(C)CC5)[C@@]4(C)CCC32)C1. The average Bonchev–Trinajstić information content (AvgIpc) is 3.10. The Morgan fingerprint density at radius 2 is 1.81 bits per heavy atom. The molecule has 0 aromatic carbocycles. The molecule has 0 N–H and O–H groups in total. The molecule has 3 saturated carbocycles. The monoisotopic (exact) mass is 497 g/mol. The number of allylic oxidation sites excluding steroid dienone is 1. The molecule has 5 aliphatic rings. The summed E-state index contributed by atoms with van der Waals surface area (Å²) in [4.78, 5) is 28.8. The summed E-state index contributed by atoms with van der Waals surface area (Å²) in [5.41, 5.74) is 3.25. The van der Waals surface area contributed by atoms with Crippen LogP contribution in [0.4, 0.5) is 0 Å². The van der Waals surface area contributed by atoms with E-state index in [1.54, 1.807) is 6.92 Å². The molecule has 0 bridgehead atoms. The predicted octanol–water partition coefficient (Wildman–Crippen LogP) is 6.55. The lowest BCUT2D eigenvalue weighted by molar-refractivity contribution is -0.150. The first-order valence-electron chi connectivity index (χ1n) is 14.6. The second-order valence-electron chi connectivity index (χ2n) is 13.5. The molecule has 0 spiro atoms. The highest BCUT2D eigenvalue weighted by molar-refractivity contribution is 5.87. The van der Waals surface area contributed by atoms with E-state index >= 15 is 0 Å². The summed E-state index contributed by atoms with van der Waals surface area (Å²) >= 11 is 0. The summed E-state index contributed by atoms with van der Waals surface area (Å²) in [7, 11) is 0. The smallest absolute Gasteiger partial charge is 0.302 e. The van der Waals surface area contributed by atoms with E-state index < -0.39 is 0 Å². The van der Waals surface area contributed by atoms with E-state index in [-0.39, 0.29) is 35.0 Å². The van der Waals surface area contributed by atoms with Crippen molar-refractivity contribution < 1.29 is 19.1 Å². The Hall–Kier alpha value is -1.65. The van der Waals surface area contributed by atoms with Crippen LogP contribution in [0, 0.1) is 46.3 Å². The number of carbonyl (C=O) groups is 2. The minimum absolute atomic E-state index is 0.00816. The highest BCUT2D eigenvalue weighted by Crippen LogP contribution is 2.67. The van der Waals surface area contributed by atoms with Crippen molar-refractivity contribution in [3.8, 4) is 0 Å². The van der Waals surface area contributed by atoms with Gasteiger partial charge in [0.2, 0.25) is 0 Å². The molecule has 3 fully saturated rings. The molecule has 0 aromatic rings. The van der Waals surface area contributed by atoms with Crippen molar-refractivity contribution in [1.29, 1.82) is 0 Å². The quantitative estimate of drug-likeness (QED) is 0.326. The molecule has 10 atom stereocenters. The maximum Gasteiger partial charge on any atom is 0.302 e. The third-order valence-electron chi connectivity index (χ3n) is 11.4. The topological polar surface area (TPSA) is 65.0 Å². The molecule has 1 aliphatic heterocycles. The first-order chi connectivity index (χ1) is 17.0. The molecule has 1 heterocycles. The van der Waals surface area contributed by atoms with E-state index in [1.165, 1.54) is 37.5 Å². The zero-order chi connectivity index (χ0) is 25.8. The van der Waals surface area contributed by atoms with Crippen LogP contribution in [0.5, 0.6) is 0 Å². The van der Waals surface area contributed by atoms with Gasteiger partial charge in [-0.25, -0.2) is 0 Å². The molecule has 8 unspecified atom stereocenters. The normalized spacial score (nSPS) is 44.8. The largest absolute Gasteiger partial charge is 0.462 e. The van der Waals surface area contributed by atoms with Crippen LogP contribution in [0.25, 0.3) is 0 Å². The first-order valence-corrected chi connectivity index (χ1v) is 14.6. The van der Waals surface area contributed by atoms with Crippen LogP contribution in [0.3, 0.4) is 0 Å². The van der Waals surface area contributed by atoms with Crippen molar-refractivity contribution in [2.45, 2.75) is 112 Å². The van der Waals surface area contributed by atoms with Crippen LogP contribution in [0.15, 0.2) is 16.6 Å². The highest BCUT2D eigenvalue weighted by Gasteiger charge is 2.63. The second kappa shape index (κ2) is 9.58. The average molecular weight is 498 g/mol. The lowest BCUT2D eigenvalue weighted by Crippen LogP contribution is -2.51. The number of nitrogens with zero attached hydrogens (tertiary/aromatic N) is 1. The van der Waals surface area contributed by atoms with Gasteiger partial charge < -0.3 is 9.47 Å². The number of aliphatic imine (C=N–C) groups is 1. The van der Waals surface area contributed by atoms with Gasteiger partial charge in [0, 0.05) is 44.4 Å². The van der Waals surface area contributed by atoms with Gasteiger partial charge in [-0.05, 0) is 85.9 Å². The molecule has 5 rings (SSSR count). The van der Waals surface area contributed by atoms with Crippen molar-refractivity contribution in [2.24, 2.45) is 51.3 Å². The Bertz CT molecular complexity index is 954. The van der Waals surface area contributed by atoms with Crippen molar-refractivity contribution in [3.05, 3.63) is 11.6 Å². The summed E-state index contributed by atoms with van der Waals surface area (Å²) in [5.74, 6) is 2.93. The van der Waals surface area contributed by atoms with Crippen molar-refractivity contribution in [2.75, 3.05) is 6.54 Å². The number of esters is 2. The fourth-order valence-corrected chi connectivity index (χ4v) is 9.63. The molecule has 5 nitrogen and oxygen atoms in total. The third-order valence-corrected chi connectivity index (χ3v) is 11.4. The summed E-state index contributed by atoms with van der Waals surface area (Å²) in [6, 6.07) is 0. The summed E-state index contributed by atoms with van der Waals surface area (Å²) in [6.07, 6.45) is 12.3. The van der Waals surface area contributed by atoms with Gasteiger partial charge in [-0.1, -0.05) is 39.3 Å². The van der Waals surface area contributed by atoms with Crippen molar-refractivity contribution >= 4 is 17.7 Å². The summed E-state index contributed by atoms with van der Waals surface area (Å²) in [5, 5.41) is 0. The molecule has 0 radical (unpaired) electrons. The van der Waals surface area contributed by atoms with E-state index in [1.807, 2.05) is 0 Å². The fourth-order valence-electron chi connectivity index (χ4n) is 9.63. The lowest BCUT2D eigenvalue weighted by Gasteiger charge is -2.58. The van der Waals surface area contributed by atoms with E-state index in [0.29, 0.717) is 35.5 Å². The van der Waals surface area contributed by atoms with E-state index in [0.717, 1.165) is 45.1 Å². The number of carbonyl (C=O) groups excluding carboxylic acids is 2. The van der Waals surface area contributed by atoms with Crippen molar-refractivity contribution in [3.63, 3.8) is 0 Å². The Morgan fingerprint density at radius 3 is 2.47 bits per heavy atom. The molecule has 0 aromatic heterocycles. The molecule has 36 heavy (non-hydrogen) atoms. The van der Waals surface area contributed by atoms with Crippen molar-refractivity contribution in [1.82, 2.24) is 0 Å². The second-order valence-corrected chi connectivity index (χ2v) is 13.5. The van der Waals surface area contributed by atoms with Gasteiger partial charge in [-0.3, -0.25) is 14.6 Å². The summed E-state index contributed by atoms with van der Waals surface area (Å²) < 4.78 is 11.7. The molecule has 4 aliphatic carbocycles. The maximum absolute atomic E-state index is 12.2. The fraction of sp³-hybridized carbons (Fsp3) is 0.839. The first kappa shape index (κ1) is 26.0. The molecule has 200 valence electrons. The van der Waals surface area contributed by atoms with Crippen LogP contribution < -0.4 is 0 Å². The molecule has 0 amide bonds. The Labute approximate surface area is 217 Å². The van der Waals surface area contributed by atoms with Gasteiger partial charge in [0.1, 0.15) is 12.2 Å². The maximum atomic E-state index is 12.2. The zero-order valence-corrected chi connectivity index (χ0v) is 23.3. The number of rotatable bonds is 4. The van der Waals surface area contributed by atoms with Crippen LogP contribution in [-0.4, -0.2) is 36.4 Å². The Morgan fingerprint density at radius 1 is 1.06 bits per heavy atom. The standard InChI is InChI=1S/C31H47NO4/c1-18-7-10-27(32-17-18)19(2)29-28(36-21(4)34)16-26-24-9-8-22-15-23(35-20(3)33)11-13-30(22,5)25(24)12-14-31(26,29)6/h8,18-19,23-26,28-29H,7,9-17H2,1-6H3/t18?,19?,23?,24?,25?,26?,28?,29?,30-,31-/m0/s1. The van der Waals surface area contributed by atoms with Crippen LogP contribution in [-0.2, 0) is 19.1 Å². The predicted molar refractivity (Wildman–Crippen MR) is 142 cm³/mol. The van der Waals surface area contributed by atoms with Gasteiger partial charge in [0.25, 0.3) is 0 Å². The highest BCUT2D eigenvalue weighted by atomic mass is 16.5. The Balaban J connectivity index is 1.43. The van der Waals surface area contributed by atoms with E-state index in [4.69, 9.17) is 14.5 Å². The van der Waals surface area contributed by atoms with Crippen LogP contribution >= 0.6 is 0 Å². The number of hydrogen-bond acceptors (Lipinski definition) is 5. The van der Waals surface area contributed by atoms with E-state index in [2.05, 4.69) is 33.8 Å². The molecule has 5 heteroatoms. The van der Waals surface area contributed by atoms with Gasteiger partial charge >= 0.3 is 11.9 Å². The number of fused-ring (bicyclic) bond motifs is 5. The molecular weight excluding hydrogens is 450 g/mol. The lowest BCUT2D eigenvalue weighted by atomic mass is 9.47. The van der Waals surface area contributed by atoms with Gasteiger partial charge in [-0.15, -0.1) is 0 Å². The van der Waals surface area contributed by atoms with Gasteiger partial charge in [0.05, 0.1) is 0 Å².